The minimum atomic E-state index is -0.0790. The smallest absolute Gasteiger partial charge is 0.266 e. The Labute approximate surface area is 183 Å². The fourth-order valence-electron chi connectivity index (χ4n) is 3.19. The summed E-state index contributed by atoms with van der Waals surface area (Å²) >= 11 is 6.77. The van der Waals surface area contributed by atoms with E-state index in [1.165, 1.54) is 11.8 Å². The summed E-state index contributed by atoms with van der Waals surface area (Å²) in [6.07, 6.45) is 5.82. The third-order valence-electron chi connectivity index (χ3n) is 4.74. The summed E-state index contributed by atoms with van der Waals surface area (Å²) in [5.74, 6) is 1.26. The maximum absolute atomic E-state index is 12.9. The third-order valence-corrected chi connectivity index (χ3v) is 6.11. The van der Waals surface area contributed by atoms with Gasteiger partial charge in [0.1, 0.15) is 4.32 Å². The van der Waals surface area contributed by atoms with Gasteiger partial charge in [-0.25, -0.2) is 0 Å². The molecular weight excluding hydrogens is 418 g/mol. The molecular formula is C22H19N3O3S2. The zero-order valence-electron chi connectivity index (χ0n) is 16.5. The molecule has 152 valence electrons. The van der Waals surface area contributed by atoms with Gasteiger partial charge in [0.2, 0.25) is 0 Å². The van der Waals surface area contributed by atoms with Gasteiger partial charge in [0, 0.05) is 18.9 Å². The van der Waals surface area contributed by atoms with E-state index in [9.17, 15) is 4.79 Å². The number of carbonyl (C=O) groups is 1. The molecule has 30 heavy (non-hydrogen) atoms. The minimum absolute atomic E-state index is 0.0790. The molecule has 6 nitrogen and oxygen atoms in total. The molecule has 2 aromatic carbocycles. The van der Waals surface area contributed by atoms with Crippen molar-refractivity contribution in [3.05, 3.63) is 64.8 Å². The van der Waals surface area contributed by atoms with Gasteiger partial charge in [0.15, 0.2) is 11.5 Å². The fraction of sp³-hybridized carbons (Fsp3) is 0.182. The Bertz CT molecular complexity index is 1160. The molecule has 0 aliphatic carbocycles. The van der Waals surface area contributed by atoms with Gasteiger partial charge in [0.05, 0.1) is 30.2 Å². The molecule has 0 N–H and O–H groups in total. The van der Waals surface area contributed by atoms with Crippen LogP contribution < -0.4 is 9.47 Å². The number of thiocarbonyl (C=S) groups is 1. The SMILES string of the molecule is COc1ccc(CCN2C(=O)C(=Cc3ccc4nccnc4c3)SC2=S)cc1OC. The highest BCUT2D eigenvalue weighted by Crippen LogP contribution is 2.33. The van der Waals surface area contributed by atoms with Gasteiger partial charge in [-0.2, -0.15) is 0 Å². The maximum atomic E-state index is 12.9. The van der Waals surface area contributed by atoms with E-state index in [1.807, 2.05) is 42.5 Å². The van der Waals surface area contributed by atoms with Crippen molar-refractivity contribution in [1.82, 2.24) is 14.9 Å². The average molecular weight is 438 g/mol. The summed E-state index contributed by atoms with van der Waals surface area (Å²) in [4.78, 5) is 23.7. The van der Waals surface area contributed by atoms with Crippen LogP contribution in [0.1, 0.15) is 11.1 Å². The van der Waals surface area contributed by atoms with Gasteiger partial charge in [-0.05, 0) is 47.9 Å². The predicted octanol–water partition coefficient (Wildman–Crippen LogP) is 4.09. The molecule has 4 rings (SSSR count). The predicted molar refractivity (Wildman–Crippen MR) is 123 cm³/mol. The van der Waals surface area contributed by atoms with E-state index < -0.39 is 0 Å². The molecule has 0 bridgehead atoms. The Hall–Kier alpha value is -2.97. The van der Waals surface area contributed by atoms with Crippen LogP contribution in [-0.2, 0) is 11.2 Å². The summed E-state index contributed by atoms with van der Waals surface area (Å²) in [7, 11) is 3.21. The first-order valence-electron chi connectivity index (χ1n) is 9.26. The van der Waals surface area contributed by atoms with Crippen molar-refractivity contribution >= 4 is 51.3 Å². The second kappa shape index (κ2) is 8.81. The summed E-state index contributed by atoms with van der Waals surface area (Å²) in [6, 6.07) is 11.5. The van der Waals surface area contributed by atoms with Gasteiger partial charge >= 0.3 is 0 Å². The monoisotopic (exact) mass is 437 g/mol. The van der Waals surface area contributed by atoms with Gasteiger partial charge in [-0.15, -0.1) is 0 Å². The maximum Gasteiger partial charge on any atom is 0.266 e. The zero-order valence-corrected chi connectivity index (χ0v) is 18.1. The Balaban J connectivity index is 1.49. The normalized spacial score (nSPS) is 15.3. The molecule has 2 heterocycles. The molecule has 0 spiro atoms. The molecule has 1 aliphatic heterocycles. The number of thioether (sulfide) groups is 1. The van der Waals surface area contributed by atoms with E-state index in [0.29, 0.717) is 33.7 Å². The molecule has 8 heteroatoms. The number of rotatable bonds is 6. The Morgan fingerprint density at radius 1 is 1.03 bits per heavy atom. The second-order valence-corrected chi connectivity index (χ2v) is 8.25. The van der Waals surface area contributed by atoms with Gasteiger partial charge in [-0.1, -0.05) is 36.1 Å². The van der Waals surface area contributed by atoms with Crippen LogP contribution in [0, 0.1) is 0 Å². The van der Waals surface area contributed by atoms with Crippen molar-refractivity contribution in [3.63, 3.8) is 0 Å². The molecule has 0 radical (unpaired) electrons. The van der Waals surface area contributed by atoms with Crippen LogP contribution in [0.25, 0.3) is 17.1 Å². The van der Waals surface area contributed by atoms with Crippen LogP contribution in [0.15, 0.2) is 53.7 Å². The number of carbonyl (C=O) groups excluding carboxylic acids is 1. The first-order valence-corrected chi connectivity index (χ1v) is 10.5. The number of ether oxygens (including phenoxy) is 2. The highest BCUT2D eigenvalue weighted by molar-refractivity contribution is 8.26. The molecule has 1 aliphatic rings. The minimum Gasteiger partial charge on any atom is -0.493 e. The first-order chi connectivity index (χ1) is 14.6. The summed E-state index contributed by atoms with van der Waals surface area (Å²) in [6.45, 7) is 0.501. The molecule has 1 aromatic heterocycles. The van der Waals surface area contributed by atoms with Gasteiger partial charge in [0.25, 0.3) is 5.91 Å². The van der Waals surface area contributed by atoms with Crippen molar-refractivity contribution < 1.29 is 14.3 Å². The zero-order chi connectivity index (χ0) is 21.1. The number of hydrogen-bond acceptors (Lipinski definition) is 7. The van der Waals surface area contributed by atoms with Crippen LogP contribution in [0.3, 0.4) is 0 Å². The molecule has 0 atom stereocenters. The molecule has 0 saturated carbocycles. The van der Waals surface area contributed by atoms with Crippen LogP contribution in [0.2, 0.25) is 0 Å². The van der Waals surface area contributed by atoms with Crippen LogP contribution >= 0.6 is 24.0 Å². The topological polar surface area (TPSA) is 64.5 Å². The molecule has 3 aromatic rings. The standard InChI is InChI=1S/C22H19N3O3S2/c1-27-18-6-4-14(12-19(18)28-2)7-10-25-21(26)20(30-22(25)29)13-15-3-5-16-17(11-15)24-9-8-23-16/h3-6,8-9,11-13H,7,10H2,1-2H3. The van der Waals surface area contributed by atoms with Gasteiger partial charge in [-0.3, -0.25) is 19.7 Å². The van der Waals surface area contributed by atoms with E-state index in [0.717, 1.165) is 22.2 Å². The van der Waals surface area contributed by atoms with E-state index in [4.69, 9.17) is 21.7 Å². The Morgan fingerprint density at radius 3 is 2.57 bits per heavy atom. The Kier molecular flexibility index (Phi) is 5.96. The number of hydrogen-bond donors (Lipinski definition) is 0. The average Bonchev–Trinajstić information content (AvgIpc) is 3.04. The van der Waals surface area contributed by atoms with E-state index in [1.54, 1.807) is 31.5 Å². The highest BCUT2D eigenvalue weighted by Gasteiger charge is 2.31. The second-order valence-electron chi connectivity index (χ2n) is 6.58. The summed E-state index contributed by atoms with van der Waals surface area (Å²) in [5.41, 5.74) is 3.54. The lowest BCUT2D eigenvalue weighted by atomic mass is 10.1. The molecule has 0 unspecified atom stereocenters. The number of fused-ring (bicyclic) bond motifs is 1. The van der Waals surface area contributed by atoms with E-state index in [-0.39, 0.29) is 5.91 Å². The molecule has 1 fully saturated rings. The van der Waals surface area contributed by atoms with Crippen molar-refractivity contribution in [2.75, 3.05) is 20.8 Å². The van der Waals surface area contributed by atoms with Crippen LogP contribution in [-0.4, -0.2) is 45.9 Å². The number of benzene rings is 2. The van der Waals surface area contributed by atoms with Crippen molar-refractivity contribution in [3.8, 4) is 11.5 Å². The lowest BCUT2D eigenvalue weighted by Gasteiger charge is -2.15. The number of methoxy groups -OCH3 is 2. The quantitative estimate of drug-likeness (QED) is 0.425. The lowest BCUT2D eigenvalue weighted by molar-refractivity contribution is -0.122. The van der Waals surface area contributed by atoms with E-state index >= 15 is 0 Å². The highest BCUT2D eigenvalue weighted by atomic mass is 32.2. The van der Waals surface area contributed by atoms with Crippen molar-refractivity contribution in [2.45, 2.75) is 6.42 Å². The summed E-state index contributed by atoms with van der Waals surface area (Å²) < 4.78 is 11.2. The Morgan fingerprint density at radius 2 is 1.80 bits per heavy atom. The molecule has 1 amide bonds. The first kappa shape index (κ1) is 20.3. The van der Waals surface area contributed by atoms with Gasteiger partial charge < -0.3 is 9.47 Å². The number of nitrogens with zero attached hydrogens (tertiary/aromatic N) is 3. The lowest BCUT2D eigenvalue weighted by Crippen LogP contribution is -2.30. The fourth-order valence-corrected chi connectivity index (χ4v) is 4.50. The van der Waals surface area contributed by atoms with E-state index in [2.05, 4.69) is 9.97 Å². The van der Waals surface area contributed by atoms with Crippen molar-refractivity contribution in [1.29, 1.82) is 0 Å². The third kappa shape index (κ3) is 4.15. The van der Waals surface area contributed by atoms with Crippen molar-refractivity contribution in [2.24, 2.45) is 0 Å². The van der Waals surface area contributed by atoms with Crippen LogP contribution in [0.5, 0.6) is 11.5 Å². The number of aromatic nitrogens is 2. The van der Waals surface area contributed by atoms with Crippen LogP contribution in [0.4, 0.5) is 0 Å². The largest absolute Gasteiger partial charge is 0.493 e. The summed E-state index contributed by atoms with van der Waals surface area (Å²) in [5, 5.41) is 0. The molecule has 1 saturated heterocycles. The number of amides is 1.